The molecule has 0 saturated carbocycles. The third kappa shape index (κ3) is 4.08. The fourth-order valence-electron chi connectivity index (χ4n) is 2.12. The molecule has 0 radical (unpaired) electrons. The van der Waals surface area contributed by atoms with Gasteiger partial charge in [0.25, 0.3) is 0 Å². The van der Waals surface area contributed by atoms with E-state index in [2.05, 4.69) is 21.2 Å². The van der Waals surface area contributed by atoms with E-state index < -0.39 is 12.1 Å². The van der Waals surface area contributed by atoms with Crippen molar-refractivity contribution in [2.45, 2.75) is 19.1 Å². The number of benzene rings is 2. The Morgan fingerprint density at radius 2 is 1.73 bits per heavy atom. The van der Waals surface area contributed by atoms with E-state index in [4.69, 9.17) is 4.74 Å². The van der Waals surface area contributed by atoms with Crippen LogP contribution < -0.4 is 10.1 Å². The number of ketones is 1. The van der Waals surface area contributed by atoms with E-state index in [1.165, 1.54) is 6.92 Å². The minimum Gasteiger partial charge on any atom is -0.497 e. The Morgan fingerprint density at radius 3 is 2.23 bits per heavy atom. The molecule has 0 bridgehead atoms. The van der Waals surface area contributed by atoms with E-state index in [-0.39, 0.29) is 5.78 Å². The molecule has 2 aromatic carbocycles. The van der Waals surface area contributed by atoms with Crippen molar-refractivity contribution in [1.82, 2.24) is 0 Å². The highest BCUT2D eigenvalue weighted by molar-refractivity contribution is 9.10. The summed E-state index contributed by atoms with van der Waals surface area (Å²) in [5.74, 6) is 0.465. The van der Waals surface area contributed by atoms with Gasteiger partial charge in [0.2, 0.25) is 0 Å². The zero-order valence-electron chi connectivity index (χ0n) is 12.4. The van der Waals surface area contributed by atoms with E-state index in [9.17, 15) is 9.90 Å². The SMILES string of the molecule is COc1ccc(N[C@H](c2ccc(Br)cc2)[C@H](O)C(C)=O)cc1. The van der Waals surface area contributed by atoms with E-state index in [1.54, 1.807) is 7.11 Å². The molecular formula is C17H18BrNO3. The molecule has 0 spiro atoms. The summed E-state index contributed by atoms with van der Waals surface area (Å²) in [6.45, 7) is 1.38. The zero-order chi connectivity index (χ0) is 16.1. The number of aliphatic hydroxyl groups excluding tert-OH is 1. The van der Waals surface area contributed by atoms with Crippen LogP contribution in [0.4, 0.5) is 5.69 Å². The quantitative estimate of drug-likeness (QED) is 0.823. The van der Waals surface area contributed by atoms with Crippen molar-refractivity contribution in [2.24, 2.45) is 0 Å². The first kappa shape index (κ1) is 16.5. The fourth-order valence-corrected chi connectivity index (χ4v) is 2.38. The molecule has 4 nitrogen and oxygen atoms in total. The number of carbonyl (C=O) groups is 1. The maximum absolute atomic E-state index is 11.6. The number of hydrogen-bond donors (Lipinski definition) is 2. The molecule has 22 heavy (non-hydrogen) atoms. The van der Waals surface area contributed by atoms with Crippen molar-refractivity contribution >= 4 is 27.4 Å². The van der Waals surface area contributed by atoms with E-state index in [0.29, 0.717) is 0 Å². The van der Waals surface area contributed by atoms with Gasteiger partial charge in [-0.3, -0.25) is 4.79 Å². The van der Waals surface area contributed by atoms with E-state index in [1.807, 2.05) is 48.5 Å². The lowest BCUT2D eigenvalue weighted by Crippen LogP contribution is -2.31. The Labute approximate surface area is 138 Å². The molecule has 2 N–H and O–H groups in total. The zero-order valence-corrected chi connectivity index (χ0v) is 14.0. The van der Waals surface area contributed by atoms with Gasteiger partial charge in [0.05, 0.1) is 13.2 Å². The maximum atomic E-state index is 11.6. The van der Waals surface area contributed by atoms with Crippen LogP contribution in [0.5, 0.6) is 5.75 Å². The summed E-state index contributed by atoms with van der Waals surface area (Å²) in [5, 5.41) is 13.4. The average molecular weight is 364 g/mol. The molecular weight excluding hydrogens is 346 g/mol. The lowest BCUT2D eigenvalue weighted by Gasteiger charge is -2.24. The van der Waals surface area contributed by atoms with Gasteiger partial charge in [0, 0.05) is 10.2 Å². The second kappa shape index (κ2) is 7.42. The van der Waals surface area contributed by atoms with Crippen LogP contribution in [-0.4, -0.2) is 24.1 Å². The first-order valence-corrected chi connectivity index (χ1v) is 7.65. The van der Waals surface area contributed by atoms with Crippen molar-refractivity contribution in [3.8, 4) is 5.75 Å². The van der Waals surface area contributed by atoms with Crippen molar-refractivity contribution in [2.75, 3.05) is 12.4 Å². The van der Waals surface area contributed by atoms with Crippen molar-refractivity contribution < 1.29 is 14.6 Å². The average Bonchev–Trinajstić information content (AvgIpc) is 2.53. The number of hydrogen-bond acceptors (Lipinski definition) is 4. The Bertz CT molecular complexity index is 625. The summed E-state index contributed by atoms with van der Waals surface area (Å²) in [6.07, 6.45) is -1.12. The third-order valence-corrected chi connectivity index (χ3v) is 3.90. The number of anilines is 1. The molecule has 0 unspecified atom stereocenters. The summed E-state index contributed by atoms with van der Waals surface area (Å²) in [6, 6.07) is 14.3. The van der Waals surface area contributed by atoms with Crippen LogP contribution in [0.25, 0.3) is 0 Å². The van der Waals surface area contributed by atoms with Gasteiger partial charge in [-0.05, 0) is 48.9 Å². The molecule has 0 amide bonds. The highest BCUT2D eigenvalue weighted by Crippen LogP contribution is 2.26. The second-order valence-corrected chi connectivity index (χ2v) is 5.87. The largest absolute Gasteiger partial charge is 0.497 e. The second-order valence-electron chi connectivity index (χ2n) is 4.96. The van der Waals surface area contributed by atoms with Gasteiger partial charge in [-0.2, -0.15) is 0 Å². The summed E-state index contributed by atoms with van der Waals surface area (Å²) in [5.41, 5.74) is 1.63. The summed E-state index contributed by atoms with van der Waals surface area (Å²) < 4.78 is 6.06. The molecule has 2 aromatic rings. The van der Waals surface area contributed by atoms with Gasteiger partial charge in [0.15, 0.2) is 5.78 Å². The maximum Gasteiger partial charge on any atom is 0.160 e. The normalized spacial score (nSPS) is 13.3. The van der Waals surface area contributed by atoms with Crippen LogP contribution in [-0.2, 0) is 4.79 Å². The van der Waals surface area contributed by atoms with Gasteiger partial charge in [-0.25, -0.2) is 0 Å². The molecule has 0 heterocycles. The predicted octanol–water partition coefficient (Wildman–Crippen LogP) is 3.56. The molecule has 0 fully saturated rings. The summed E-state index contributed by atoms with van der Waals surface area (Å²) >= 11 is 3.38. The van der Waals surface area contributed by atoms with Crippen molar-refractivity contribution in [1.29, 1.82) is 0 Å². The Balaban J connectivity index is 2.27. The number of carbonyl (C=O) groups excluding carboxylic acids is 1. The van der Waals surface area contributed by atoms with Gasteiger partial charge in [-0.1, -0.05) is 28.1 Å². The molecule has 0 aliphatic carbocycles. The Morgan fingerprint density at radius 1 is 1.14 bits per heavy atom. The molecule has 5 heteroatoms. The molecule has 0 aliphatic rings. The van der Waals surface area contributed by atoms with Gasteiger partial charge in [0.1, 0.15) is 11.9 Å². The van der Waals surface area contributed by atoms with Crippen LogP contribution in [0, 0.1) is 0 Å². The topological polar surface area (TPSA) is 58.6 Å². The Kier molecular flexibility index (Phi) is 5.57. The van der Waals surface area contributed by atoms with Crippen LogP contribution in [0.1, 0.15) is 18.5 Å². The van der Waals surface area contributed by atoms with Gasteiger partial charge >= 0.3 is 0 Å². The number of methoxy groups -OCH3 is 1. The fraction of sp³-hybridized carbons (Fsp3) is 0.235. The molecule has 2 atom stereocenters. The summed E-state index contributed by atoms with van der Waals surface area (Å²) in [4.78, 5) is 11.6. The third-order valence-electron chi connectivity index (χ3n) is 3.37. The first-order chi connectivity index (χ1) is 10.5. The van der Waals surface area contributed by atoms with Crippen LogP contribution in [0.3, 0.4) is 0 Å². The summed E-state index contributed by atoms with van der Waals surface area (Å²) in [7, 11) is 1.60. The van der Waals surface area contributed by atoms with Gasteiger partial charge in [-0.15, -0.1) is 0 Å². The lowest BCUT2D eigenvalue weighted by atomic mass is 9.98. The van der Waals surface area contributed by atoms with E-state index in [0.717, 1.165) is 21.5 Å². The number of rotatable bonds is 6. The monoisotopic (exact) mass is 363 g/mol. The van der Waals surface area contributed by atoms with E-state index >= 15 is 0 Å². The Hall–Kier alpha value is -1.85. The minimum absolute atomic E-state index is 0.283. The smallest absolute Gasteiger partial charge is 0.160 e. The highest BCUT2D eigenvalue weighted by Gasteiger charge is 2.24. The molecule has 116 valence electrons. The lowest BCUT2D eigenvalue weighted by molar-refractivity contribution is -0.125. The molecule has 2 rings (SSSR count). The van der Waals surface area contributed by atoms with Crippen molar-refractivity contribution in [3.05, 3.63) is 58.6 Å². The number of ether oxygens (including phenoxy) is 1. The van der Waals surface area contributed by atoms with Crippen LogP contribution in [0.2, 0.25) is 0 Å². The molecule has 0 aromatic heterocycles. The highest BCUT2D eigenvalue weighted by atomic mass is 79.9. The number of Topliss-reactive ketones (excluding diaryl/α,β-unsaturated/α-hetero) is 1. The standard InChI is InChI=1S/C17H18BrNO3/c1-11(20)17(21)16(12-3-5-13(18)6-4-12)19-14-7-9-15(22-2)10-8-14/h3-10,16-17,19,21H,1-2H3/t16-,17-/m1/s1. The minimum atomic E-state index is -1.12. The first-order valence-electron chi connectivity index (χ1n) is 6.86. The van der Waals surface area contributed by atoms with Gasteiger partial charge < -0.3 is 15.2 Å². The van der Waals surface area contributed by atoms with Crippen LogP contribution in [0.15, 0.2) is 53.0 Å². The molecule has 0 aliphatic heterocycles. The van der Waals surface area contributed by atoms with Crippen molar-refractivity contribution in [3.63, 3.8) is 0 Å². The predicted molar refractivity (Wildman–Crippen MR) is 90.2 cm³/mol. The van der Waals surface area contributed by atoms with Crippen LogP contribution >= 0.6 is 15.9 Å². The number of halogens is 1. The molecule has 0 saturated heterocycles. The number of nitrogens with one attached hydrogen (secondary N) is 1. The number of aliphatic hydroxyl groups is 1.